The Bertz CT molecular complexity index is 4710. The van der Waals surface area contributed by atoms with Crippen molar-refractivity contribution in [3.63, 3.8) is 0 Å². The van der Waals surface area contributed by atoms with E-state index in [1.807, 2.05) is 0 Å². The molecule has 0 radical (unpaired) electrons. The van der Waals surface area contributed by atoms with Crippen LogP contribution in [0, 0.1) is 0 Å². The molecule has 0 atom stereocenters. The molecule has 0 bridgehead atoms. The van der Waals surface area contributed by atoms with Gasteiger partial charge in [-0.15, -0.1) is 0 Å². The van der Waals surface area contributed by atoms with Gasteiger partial charge in [0.1, 0.15) is 0 Å². The Morgan fingerprint density at radius 1 is 0.321 bits per heavy atom. The molecule has 0 fully saturated rings. The molecule has 3 nitrogen and oxygen atoms in total. The van der Waals surface area contributed by atoms with Crippen LogP contribution in [-0.2, 0) is 0 Å². The highest BCUT2D eigenvalue weighted by Gasteiger charge is 2.44. The molecule has 0 aliphatic carbocycles. The molecular formula is C74H54BN3. The molecule has 4 heterocycles. The van der Waals surface area contributed by atoms with Gasteiger partial charge in [-0.1, -0.05) is 216 Å². The highest BCUT2D eigenvalue weighted by molar-refractivity contribution is 7.01. The van der Waals surface area contributed by atoms with Gasteiger partial charge in [-0.25, -0.2) is 0 Å². The largest absolute Gasteiger partial charge is 0.311 e. The molecule has 368 valence electrons. The summed E-state index contributed by atoms with van der Waals surface area (Å²) in [6, 6.07) is 91.8. The lowest BCUT2D eigenvalue weighted by atomic mass is 9.33. The Kier molecular flexibility index (Phi) is 9.82. The van der Waals surface area contributed by atoms with Crippen LogP contribution in [0.15, 0.2) is 243 Å². The van der Waals surface area contributed by atoms with Crippen molar-refractivity contribution in [3.05, 3.63) is 254 Å². The molecule has 2 aromatic heterocycles. The maximum atomic E-state index is 2.70. The highest BCUT2D eigenvalue weighted by atomic mass is 15.2. The minimum absolute atomic E-state index is 0.112. The number of fused-ring (bicyclic) bond motifs is 14. The van der Waals surface area contributed by atoms with Crippen molar-refractivity contribution in [3.8, 4) is 44.8 Å². The Morgan fingerprint density at radius 2 is 0.885 bits per heavy atom. The lowest BCUT2D eigenvalue weighted by molar-refractivity contribution is 0.838. The number of benzene rings is 12. The fourth-order valence-electron chi connectivity index (χ4n) is 14.0. The minimum atomic E-state index is -0.112. The zero-order valence-electron chi connectivity index (χ0n) is 44.2. The average molecular weight is 996 g/mol. The van der Waals surface area contributed by atoms with Gasteiger partial charge in [0.2, 0.25) is 0 Å². The van der Waals surface area contributed by atoms with Crippen molar-refractivity contribution in [2.45, 2.75) is 39.5 Å². The number of para-hydroxylation sites is 2. The van der Waals surface area contributed by atoms with Crippen molar-refractivity contribution < 1.29 is 0 Å². The van der Waals surface area contributed by atoms with Gasteiger partial charge in [0.05, 0.1) is 22.2 Å². The maximum Gasteiger partial charge on any atom is 0.253 e. The van der Waals surface area contributed by atoms with E-state index in [4.69, 9.17) is 0 Å². The Balaban J connectivity index is 1.10. The van der Waals surface area contributed by atoms with Gasteiger partial charge in [0, 0.05) is 49.8 Å². The summed E-state index contributed by atoms with van der Waals surface area (Å²) in [6.45, 7) is 9.25. The number of anilines is 3. The van der Waals surface area contributed by atoms with Gasteiger partial charge < -0.3 is 14.0 Å². The van der Waals surface area contributed by atoms with E-state index in [0.717, 1.165) is 11.4 Å². The van der Waals surface area contributed by atoms with E-state index in [1.54, 1.807) is 0 Å². The molecule has 0 spiro atoms. The SMILES string of the molecule is CC(C)c1cccc(C(C)C)c1-c1ccc2c3cc4c(ccc5ccccc54)c4c3n(c2c1)-c1cc(-n2c3ccccc3c3ccccc32)cc2c1B4c1cc(-c3ccccc3)ccc1N2c1ccc(-c2ccccc2)cc1. The second kappa shape index (κ2) is 17.1. The lowest BCUT2D eigenvalue weighted by Gasteiger charge is -2.41. The summed E-state index contributed by atoms with van der Waals surface area (Å²) in [4.78, 5) is 2.58. The van der Waals surface area contributed by atoms with Crippen molar-refractivity contribution in [2.75, 3.05) is 4.90 Å². The van der Waals surface area contributed by atoms with E-state index < -0.39 is 0 Å². The standard InChI is InChI=1S/C74H54BN3/c1-45(2)55-26-17-27-56(46(3)4)71(55)52-33-37-60-63-44-62-57-23-12-11-22-50(57)32-38-61(62)72-74(63)78(68(60)41-52)70-43-54(77-65-28-15-13-24-58(65)59-25-14-16-29-66(59)77)42-69-73(70)75(72)64-40-51(48-20-9-6-10-21-48)34-39-67(64)76(69)53-35-30-49(31-36-53)47-18-7-5-8-19-47/h5-46H,1-4H3. The summed E-state index contributed by atoms with van der Waals surface area (Å²) in [5.41, 5.74) is 24.9. The van der Waals surface area contributed by atoms with Crippen LogP contribution in [0.25, 0.3) is 110 Å². The summed E-state index contributed by atoms with van der Waals surface area (Å²) in [6.07, 6.45) is 0. The first-order chi connectivity index (χ1) is 38.4. The monoisotopic (exact) mass is 995 g/mol. The summed E-state index contributed by atoms with van der Waals surface area (Å²) in [5.74, 6) is 0.710. The van der Waals surface area contributed by atoms with E-state index in [9.17, 15) is 0 Å². The lowest BCUT2D eigenvalue weighted by Crippen LogP contribution is -2.60. The maximum absolute atomic E-state index is 2.70. The molecule has 14 aromatic rings. The van der Waals surface area contributed by atoms with Gasteiger partial charge in [-0.2, -0.15) is 0 Å². The first-order valence-corrected chi connectivity index (χ1v) is 27.8. The predicted octanol–water partition coefficient (Wildman–Crippen LogP) is 18.0. The molecule has 16 rings (SSSR count). The topological polar surface area (TPSA) is 13.1 Å². The molecule has 2 aliphatic rings. The van der Waals surface area contributed by atoms with Crippen LogP contribution < -0.4 is 21.3 Å². The molecule has 0 saturated carbocycles. The number of aromatic nitrogens is 2. The fourth-order valence-corrected chi connectivity index (χ4v) is 14.0. The first kappa shape index (κ1) is 44.9. The van der Waals surface area contributed by atoms with Crippen LogP contribution >= 0.6 is 0 Å². The van der Waals surface area contributed by atoms with Crippen LogP contribution in [0.5, 0.6) is 0 Å². The minimum Gasteiger partial charge on any atom is -0.311 e. The van der Waals surface area contributed by atoms with Gasteiger partial charge in [0.15, 0.2) is 0 Å². The molecule has 0 unspecified atom stereocenters. The zero-order valence-corrected chi connectivity index (χ0v) is 44.2. The molecule has 0 amide bonds. The number of nitrogens with zero attached hydrogens (tertiary/aromatic N) is 3. The summed E-state index contributed by atoms with van der Waals surface area (Å²) in [5, 5.41) is 10.2. The summed E-state index contributed by atoms with van der Waals surface area (Å²) < 4.78 is 5.21. The second-order valence-corrected chi connectivity index (χ2v) is 22.3. The van der Waals surface area contributed by atoms with E-state index >= 15 is 0 Å². The molecule has 78 heavy (non-hydrogen) atoms. The van der Waals surface area contributed by atoms with Crippen LogP contribution in [0.2, 0.25) is 0 Å². The first-order valence-electron chi connectivity index (χ1n) is 27.8. The van der Waals surface area contributed by atoms with Crippen LogP contribution in [0.1, 0.15) is 50.7 Å². The molecule has 0 saturated heterocycles. The Labute approximate surface area is 455 Å². The van der Waals surface area contributed by atoms with Crippen molar-refractivity contribution in [1.82, 2.24) is 9.13 Å². The van der Waals surface area contributed by atoms with Crippen LogP contribution in [0.3, 0.4) is 0 Å². The van der Waals surface area contributed by atoms with Crippen LogP contribution in [0.4, 0.5) is 17.1 Å². The molecule has 12 aromatic carbocycles. The average Bonchev–Trinajstić information content (AvgIpc) is 4.18. The van der Waals surface area contributed by atoms with Crippen molar-refractivity contribution in [1.29, 1.82) is 0 Å². The van der Waals surface area contributed by atoms with Gasteiger partial charge >= 0.3 is 0 Å². The van der Waals surface area contributed by atoms with Gasteiger partial charge in [0.25, 0.3) is 6.71 Å². The van der Waals surface area contributed by atoms with Gasteiger partial charge in [-0.3, -0.25) is 0 Å². The number of hydrogen-bond acceptors (Lipinski definition) is 1. The molecule has 0 N–H and O–H groups in total. The van der Waals surface area contributed by atoms with Crippen LogP contribution in [-0.4, -0.2) is 15.8 Å². The third kappa shape index (κ3) is 6.47. The molecular weight excluding hydrogens is 942 g/mol. The third-order valence-corrected chi connectivity index (χ3v) is 17.4. The summed E-state index contributed by atoms with van der Waals surface area (Å²) in [7, 11) is 0. The van der Waals surface area contributed by atoms with E-state index in [1.165, 1.54) is 143 Å². The fraction of sp³-hybridized carbons (Fsp3) is 0.0811. The second-order valence-electron chi connectivity index (χ2n) is 22.3. The Hall–Kier alpha value is -9.38. The number of hydrogen-bond donors (Lipinski definition) is 0. The molecule has 4 heteroatoms. The van der Waals surface area contributed by atoms with Crippen molar-refractivity contribution in [2.24, 2.45) is 0 Å². The zero-order chi connectivity index (χ0) is 51.9. The third-order valence-electron chi connectivity index (χ3n) is 17.4. The van der Waals surface area contributed by atoms with Crippen molar-refractivity contribution >= 4 is 105 Å². The predicted molar refractivity (Wildman–Crippen MR) is 334 cm³/mol. The highest BCUT2D eigenvalue weighted by Crippen LogP contribution is 2.47. The van der Waals surface area contributed by atoms with E-state index in [2.05, 4.69) is 284 Å². The van der Waals surface area contributed by atoms with E-state index in [0.29, 0.717) is 11.8 Å². The normalized spacial score (nSPS) is 12.8. The molecule has 2 aliphatic heterocycles. The van der Waals surface area contributed by atoms with Gasteiger partial charge in [-0.05, 0) is 149 Å². The van der Waals surface area contributed by atoms with E-state index in [-0.39, 0.29) is 6.71 Å². The quantitative estimate of drug-likeness (QED) is 0.115. The number of rotatable bonds is 7. The Morgan fingerprint density at radius 3 is 1.58 bits per heavy atom. The smallest absolute Gasteiger partial charge is 0.253 e. The summed E-state index contributed by atoms with van der Waals surface area (Å²) >= 11 is 0.